The molecule has 0 aliphatic carbocycles. The van der Waals surface area contributed by atoms with Gasteiger partial charge in [0.2, 0.25) is 0 Å². The van der Waals surface area contributed by atoms with Crippen LogP contribution in [-0.2, 0) is 0 Å². The van der Waals surface area contributed by atoms with Crippen LogP contribution in [0.2, 0.25) is 0 Å². The number of fused-ring (bicyclic) bond motifs is 2. The van der Waals surface area contributed by atoms with Crippen molar-refractivity contribution in [1.82, 2.24) is 24.4 Å². The van der Waals surface area contributed by atoms with Gasteiger partial charge in [-0.05, 0) is 43.2 Å². The van der Waals surface area contributed by atoms with Gasteiger partial charge in [-0.2, -0.15) is 0 Å². The van der Waals surface area contributed by atoms with Gasteiger partial charge in [0.15, 0.2) is 28.5 Å². The van der Waals surface area contributed by atoms with Crippen LogP contribution in [0.1, 0.15) is 11.1 Å². The molecular formula is C28H33N7O3. The molecule has 0 radical (unpaired) electrons. The highest BCUT2D eigenvalue weighted by atomic mass is 16.6. The van der Waals surface area contributed by atoms with Crippen molar-refractivity contribution in [1.29, 1.82) is 0 Å². The van der Waals surface area contributed by atoms with Crippen molar-refractivity contribution in [2.75, 3.05) is 62.7 Å². The monoisotopic (exact) mass is 515 g/mol. The second-order valence-corrected chi connectivity index (χ2v) is 9.88. The van der Waals surface area contributed by atoms with Gasteiger partial charge in [0.25, 0.3) is 0 Å². The zero-order valence-electron chi connectivity index (χ0n) is 21.8. The highest BCUT2D eigenvalue weighted by Gasteiger charge is 2.21. The molecule has 38 heavy (non-hydrogen) atoms. The van der Waals surface area contributed by atoms with E-state index in [1.165, 1.54) is 23.1 Å². The van der Waals surface area contributed by atoms with E-state index in [9.17, 15) is 5.11 Å². The van der Waals surface area contributed by atoms with Crippen LogP contribution in [-0.4, -0.2) is 88.1 Å². The minimum absolute atomic E-state index is 0.375. The summed E-state index contributed by atoms with van der Waals surface area (Å²) in [5.41, 5.74) is 6.18. The SMILES string of the molecule is Cc1cccc(N2CCN(CC(O)CNc3ncnc4c3ncn4-c3ccc4c(c3)OCCO4)CC2)c1C. The Hall–Kier alpha value is -3.89. The minimum Gasteiger partial charge on any atom is -0.486 e. The molecule has 2 aliphatic rings. The molecule has 4 aromatic rings. The van der Waals surface area contributed by atoms with Gasteiger partial charge in [0, 0.05) is 51.0 Å². The van der Waals surface area contributed by atoms with Crippen LogP contribution in [0, 0.1) is 13.8 Å². The van der Waals surface area contributed by atoms with Crippen molar-refractivity contribution in [3.8, 4) is 17.2 Å². The van der Waals surface area contributed by atoms with Gasteiger partial charge in [0.05, 0.1) is 11.8 Å². The smallest absolute Gasteiger partial charge is 0.170 e. The Kier molecular flexibility index (Phi) is 6.73. The highest BCUT2D eigenvalue weighted by Crippen LogP contribution is 2.33. The van der Waals surface area contributed by atoms with E-state index in [0.717, 1.165) is 37.6 Å². The van der Waals surface area contributed by atoms with Gasteiger partial charge in [-0.3, -0.25) is 9.47 Å². The van der Waals surface area contributed by atoms with Crippen LogP contribution in [0.25, 0.3) is 16.9 Å². The molecule has 2 aromatic heterocycles. The Labute approximate surface area is 221 Å². The number of hydrogen-bond donors (Lipinski definition) is 2. The third kappa shape index (κ3) is 4.84. The van der Waals surface area contributed by atoms with E-state index < -0.39 is 6.10 Å². The molecule has 1 atom stereocenters. The zero-order valence-corrected chi connectivity index (χ0v) is 21.8. The summed E-state index contributed by atoms with van der Waals surface area (Å²) in [6.45, 7) is 10.2. The average Bonchev–Trinajstić information content (AvgIpc) is 3.39. The number of β-amino-alcohol motifs (C(OH)–C–C–N with tert-alkyl or cyclic N) is 1. The molecule has 2 aromatic carbocycles. The lowest BCUT2D eigenvalue weighted by molar-refractivity contribution is 0.118. The number of anilines is 2. The maximum Gasteiger partial charge on any atom is 0.170 e. The number of aryl methyl sites for hydroxylation is 1. The lowest BCUT2D eigenvalue weighted by atomic mass is 10.1. The molecular weight excluding hydrogens is 482 g/mol. The van der Waals surface area contributed by atoms with E-state index in [0.29, 0.717) is 49.0 Å². The van der Waals surface area contributed by atoms with Gasteiger partial charge in [-0.25, -0.2) is 15.0 Å². The second-order valence-electron chi connectivity index (χ2n) is 9.88. The Balaban J connectivity index is 1.07. The Morgan fingerprint density at radius 1 is 0.974 bits per heavy atom. The fourth-order valence-electron chi connectivity index (χ4n) is 5.16. The number of aliphatic hydroxyl groups is 1. The molecule has 0 saturated carbocycles. The number of nitrogens with zero attached hydrogens (tertiary/aromatic N) is 6. The molecule has 2 aliphatic heterocycles. The summed E-state index contributed by atoms with van der Waals surface area (Å²) in [6, 6.07) is 12.3. The Morgan fingerprint density at radius 3 is 2.63 bits per heavy atom. The van der Waals surface area contributed by atoms with E-state index in [1.807, 2.05) is 22.8 Å². The topological polar surface area (TPSA) is 101 Å². The fourth-order valence-corrected chi connectivity index (χ4v) is 5.16. The lowest BCUT2D eigenvalue weighted by Gasteiger charge is -2.37. The van der Waals surface area contributed by atoms with E-state index in [4.69, 9.17) is 9.47 Å². The molecule has 1 fully saturated rings. The van der Waals surface area contributed by atoms with E-state index in [1.54, 1.807) is 6.33 Å². The van der Waals surface area contributed by atoms with Crippen molar-refractivity contribution in [3.05, 3.63) is 60.2 Å². The molecule has 2 N–H and O–H groups in total. The van der Waals surface area contributed by atoms with Crippen LogP contribution in [0.4, 0.5) is 11.5 Å². The summed E-state index contributed by atoms with van der Waals surface area (Å²) in [6.07, 6.45) is 2.70. The molecule has 10 heteroatoms. The van der Waals surface area contributed by atoms with Crippen LogP contribution in [0.5, 0.6) is 11.5 Å². The van der Waals surface area contributed by atoms with Crippen LogP contribution in [0.3, 0.4) is 0 Å². The normalized spacial score (nSPS) is 16.6. The molecule has 0 amide bonds. The number of imidazole rings is 1. The molecule has 6 rings (SSSR count). The number of piperazine rings is 1. The number of rotatable bonds is 7. The van der Waals surface area contributed by atoms with Crippen LogP contribution in [0.15, 0.2) is 49.1 Å². The first-order valence-electron chi connectivity index (χ1n) is 13.1. The number of nitrogens with one attached hydrogen (secondary N) is 1. The summed E-state index contributed by atoms with van der Waals surface area (Å²) < 4.78 is 13.3. The average molecular weight is 516 g/mol. The fraction of sp³-hybridized carbons (Fsp3) is 0.393. The summed E-state index contributed by atoms with van der Waals surface area (Å²) in [7, 11) is 0. The standard InChI is InChI=1S/C28H33N7O3/c1-19-4-3-5-23(20(19)2)34-10-8-33(9-11-34)16-22(36)15-29-27-26-28(31-17-30-27)35(18-32-26)21-6-7-24-25(14-21)38-13-12-37-24/h3-7,14,17-18,22,36H,8-13,15-16H2,1-2H3,(H,29,30,31). The van der Waals surface area contributed by atoms with Crippen molar-refractivity contribution >= 4 is 22.7 Å². The van der Waals surface area contributed by atoms with Crippen molar-refractivity contribution in [2.24, 2.45) is 0 Å². The molecule has 10 nitrogen and oxygen atoms in total. The quantitative estimate of drug-likeness (QED) is 0.385. The molecule has 1 unspecified atom stereocenters. The number of hydrogen-bond acceptors (Lipinski definition) is 9. The molecule has 0 bridgehead atoms. The summed E-state index contributed by atoms with van der Waals surface area (Å²) >= 11 is 0. The number of aromatic nitrogens is 4. The van der Waals surface area contributed by atoms with Crippen molar-refractivity contribution < 1.29 is 14.6 Å². The van der Waals surface area contributed by atoms with Gasteiger partial charge >= 0.3 is 0 Å². The first-order chi connectivity index (χ1) is 18.6. The van der Waals surface area contributed by atoms with Gasteiger partial charge in [-0.1, -0.05) is 12.1 Å². The minimum atomic E-state index is -0.535. The predicted octanol–water partition coefficient (Wildman–Crippen LogP) is 2.80. The van der Waals surface area contributed by atoms with E-state index >= 15 is 0 Å². The van der Waals surface area contributed by atoms with E-state index in [2.05, 4.69) is 62.1 Å². The maximum atomic E-state index is 10.8. The second kappa shape index (κ2) is 10.5. The van der Waals surface area contributed by atoms with Gasteiger partial charge in [-0.15, -0.1) is 0 Å². The van der Waals surface area contributed by atoms with Gasteiger partial charge < -0.3 is 24.8 Å². The molecule has 1 saturated heterocycles. The number of ether oxygens (including phenoxy) is 2. The van der Waals surface area contributed by atoms with Gasteiger partial charge in [0.1, 0.15) is 25.9 Å². The lowest BCUT2D eigenvalue weighted by Crippen LogP contribution is -2.49. The summed E-state index contributed by atoms with van der Waals surface area (Å²) in [4.78, 5) is 18.2. The number of benzene rings is 2. The largest absolute Gasteiger partial charge is 0.486 e. The van der Waals surface area contributed by atoms with Crippen LogP contribution >= 0.6 is 0 Å². The van der Waals surface area contributed by atoms with Crippen molar-refractivity contribution in [3.63, 3.8) is 0 Å². The van der Waals surface area contributed by atoms with E-state index in [-0.39, 0.29) is 0 Å². The van der Waals surface area contributed by atoms with Crippen molar-refractivity contribution in [2.45, 2.75) is 20.0 Å². The molecule has 198 valence electrons. The highest BCUT2D eigenvalue weighted by molar-refractivity contribution is 5.84. The third-order valence-electron chi connectivity index (χ3n) is 7.40. The zero-order chi connectivity index (χ0) is 26.1. The predicted molar refractivity (Wildman–Crippen MR) is 147 cm³/mol. The number of aliphatic hydroxyl groups excluding tert-OH is 1. The summed E-state index contributed by atoms with van der Waals surface area (Å²) in [5, 5.41) is 14.1. The molecule has 4 heterocycles. The maximum absolute atomic E-state index is 10.8. The third-order valence-corrected chi connectivity index (χ3v) is 7.40. The van der Waals surface area contributed by atoms with Crippen LogP contribution < -0.4 is 19.7 Å². The molecule has 0 spiro atoms. The Morgan fingerprint density at radius 2 is 1.79 bits per heavy atom. The first kappa shape index (κ1) is 24.4. The first-order valence-corrected chi connectivity index (χ1v) is 13.1. The Bertz CT molecular complexity index is 1430. The summed E-state index contributed by atoms with van der Waals surface area (Å²) in [5.74, 6) is 2.05.